The molecule has 24 heavy (non-hydrogen) atoms. The number of rotatable bonds is 2. The van der Waals surface area contributed by atoms with Crippen LogP contribution in [0.2, 0.25) is 0 Å². The van der Waals surface area contributed by atoms with Gasteiger partial charge in [-0.2, -0.15) is 14.7 Å². The van der Waals surface area contributed by atoms with E-state index in [-0.39, 0.29) is 5.41 Å². The third-order valence-corrected chi connectivity index (χ3v) is 4.77. The van der Waals surface area contributed by atoms with Crippen LogP contribution < -0.4 is 0 Å². The van der Waals surface area contributed by atoms with Gasteiger partial charge in [0.15, 0.2) is 5.01 Å². The molecule has 0 atom stereocenters. The molecule has 0 aliphatic heterocycles. The smallest absolute Gasteiger partial charge is 0.235 e. The van der Waals surface area contributed by atoms with E-state index in [1.807, 2.05) is 19.9 Å². The van der Waals surface area contributed by atoms with E-state index in [9.17, 15) is 0 Å². The van der Waals surface area contributed by atoms with Crippen molar-refractivity contribution >= 4 is 16.3 Å². The van der Waals surface area contributed by atoms with Crippen LogP contribution in [0.25, 0.3) is 27.1 Å². The summed E-state index contributed by atoms with van der Waals surface area (Å²) in [5, 5.41) is 25.3. The van der Waals surface area contributed by atoms with Gasteiger partial charge < -0.3 is 4.52 Å². The maximum Gasteiger partial charge on any atom is 0.235 e. The number of fused-ring (bicyclic) bond motifs is 1. The highest BCUT2D eigenvalue weighted by Gasteiger charge is 2.22. The van der Waals surface area contributed by atoms with Gasteiger partial charge >= 0.3 is 0 Å². The largest absolute Gasteiger partial charge is 0.361 e. The first-order chi connectivity index (χ1) is 11.3. The van der Waals surface area contributed by atoms with Crippen LogP contribution in [-0.4, -0.2) is 35.2 Å². The zero-order valence-corrected chi connectivity index (χ0v) is 14.9. The van der Waals surface area contributed by atoms with Crippen molar-refractivity contribution < 1.29 is 4.52 Å². The van der Waals surface area contributed by atoms with Crippen molar-refractivity contribution in [3.8, 4) is 22.1 Å². The number of aromatic nitrogens is 7. The number of nitrogens with zero attached hydrogens (tertiary/aromatic N) is 6. The summed E-state index contributed by atoms with van der Waals surface area (Å²) in [6.45, 7) is 10.2. The Hall–Kier alpha value is -2.55. The molecule has 0 saturated heterocycles. The van der Waals surface area contributed by atoms with Crippen LogP contribution in [0.4, 0.5) is 0 Å². The second kappa shape index (κ2) is 4.97. The molecule has 4 rings (SSSR count). The minimum atomic E-state index is -0.0149. The molecule has 124 valence electrons. The molecule has 0 saturated carbocycles. The van der Waals surface area contributed by atoms with Gasteiger partial charge in [-0.15, -0.1) is 10.2 Å². The lowest BCUT2D eigenvalue weighted by atomic mass is 9.92. The van der Waals surface area contributed by atoms with Crippen molar-refractivity contribution in [3.05, 3.63) is 23.2 Å². The third-order valence-electron chi connectivity index (χ3n) is 3.85. The topological polar surface area (TPSA) is 97.8 Å². The normalized spacial score (nSPS) is 12.4. The number of nitrogens with one attached hydrogen (secondary N) is 1. The van der Waals surface area contributed by atoms with E-state index in [0.717, 1.165) is 33.4 Å². The van der Waals surface area contributed by atoms with Crippen LogP contribution in [0.15, 0.2) is 10.6 Å². The minimum Gasteiger partial charge on any atom is -0.361 e. The van der Waals surface area contributed by atoms with Crippen LogP contribution in [0.5, 0.6) is 0 Å². The molecule has 0 spiro atoms. The summed E-state index contributed by atoms with van der Waals surface area (Å²) in [5.41, 5.74) is 3.47. The van der Waals surface area contributed by atoms with Gasteiger partial charge in [-0.25, -0.2) is 0 Å². The summed E-state index contributed by atoms with van der Waals surface area (Å²) in [6.07, 6.45) is 0. The predicted octanol–water partition coefficient (Wildman–Crippen LogP) is 3.15. The fourth-order valence-electron chi connectivity index (χ4n) is 2.49. The Kier molecular flexibility index (Phi) is 3.11. The van der Waals surface area contributed by atoms with Crippen LogP contribution in [0, 0.1) is 13.8 Å². The van der Waals surface area contributed by atoms with Gasteiger partial charge in [0.05, 0.1) is 11.3 Å². The summed E-state index contributed by atoms with van der Waals surface area (Å²) >= 11 is 1.45. The SMILES string of the molecule is Cc1noc(C)c1-c1nn2c(-c3cc(C(C)(C)C)[nH]n3)nnc2s1. The highest BCUT2D eigenvalue weighted by atomic mass is 32.1. The molecular weight excluding hydrogens is 326 g/mol. The van der Waals surface area contributed by atoms with Crippen LogP contribution in [0.1, 0.15) is 37.9 Å². The van der Waals surface area contributed by atoms with Crippen LogP contribution in [0.3, 0.4) is 0 Å². The Bertz CT molecular complexity index is 1010. The predicted molar refractivity (Wildman–Crippen MR) is 89.9 cm³/mol. The molecule has 4 aromatic heterocycles. The first-order valence-corrected chi connectivity index (χ1v) is 8.38. The van der Waals surface area contributed by atoms with Crippen molar-refractivity contribution in [1.82, 2.24) is 35.2 Å². The summed E-state index contributed by atoms with van der Waals surface area (Å²) in [4.78, 5) is 0.709. The highest BCUT2D eigenvalue weighted by Crippen LogP contribution is 2.32. The van der Waals surface area contributed by atoms with Crippen LogP contribution >= 0.6 is 11.3 Å². The van der Waals surface area contributed by atoms with Gasteiger partial charge in [0.2, 0.25) is 10.8 Å². The van der Waals surface area contributed by atoms with Crippen molar-refractivity contribution in [3.63, 3.8) is 0 Å². The van der Waals surface area contributed by atoms with E-state index in [2.05, 4.69) is 51.4 Å². The summed E-state index contributed by atoms with van der Waals surface area (Å²) in [6, 6.07) is 1.99. The molecule has 9 heteroatoms. The number of aromatic amines is 1. The second-order valence-corrected chi connectivity index (χ2v) is 7.70. The van der Waals surface area contributed by atoms with E-state index in [1.54, 1.807) is 4.52 Å². The lowest BCUT2D eigenvalue weighted by Gasteiger charge is -2.14. The van der Waals surface area contributed by atoms with Gasteiger partial charge in [0.25, 0.3) is 0 Å². The maximum atomic E-state index is 5.23. The average molecular weight is 343 g/mol. The molecule has 0 amide bonds. The standard InChI is InChI=1S/C15H17N7OS/c1-7-11(8(2)23-21-7)13-20-22-12(18-19-14(22)24-13)9-6-10(17-16-9)15(3,4)5/h6H,1-5H3,(H,16,17). The lowest BCUT2D eigenvalue weighted by molar-refractivity contribution is 0.393. The molecule has 0 fully saturated rings. The van der Waals surface area contributed by atoms with E-state index in [4.69, 9.17) is 4.52 Å². The minimum absolute atomic E-state index is 0.0149. The summed E-state index contributed by atoms with van der Waals surface area (Å²) in [5.74, 6) is 1.36. The van der Waals surface area contributed by atoms with Crippen molar-refractivity contribution in [2.24, 2.45) is 0 Å². The number of hydrogen-bond acceptors (Lipinski definition) is 7. The molecule has 0 unspecified atom stereocenters. The number of H-pyrrole nitrogens is 1. The van der Waals surface area contributed by atoms with Gasteiger partial charge in [0.1, 0.15) is 11.5 Å². The molecule has 0 aliphatic carbocycles. The van der Waals surface area contributed by atoms with Gasteiger partial charge in [0, 0.05) is 11.1 Å². The summed E-state index contributed by atoms with van der Waals surface area (Å²) in [7, 11) is 0. The van der Waals surface area contributed by atoms with E-state index >= 15 is 0 Å². The zero-order valence-electron chi connectivity index (χ0n) is 14.1. The quantitative estimate of drug-likeness (QED) is 0.600. The highest BCUT2D eigenvalue weighted by molar-refractivity contribution is 7.19. The first-order valence-electron chi connectivity index (χ1n) is 7.56. The molecule has 0 aliphatic rings. The molecule has 0 aromatic carbocycles. The van der Waals surface area contributed by atoms with Gasteiger partial charge in [-0.05, 0) is 19.9 Å². The molecule has 0 radical (unpaired) electrons. The summed E-state index contributed by atoms with van der Waals surface area (Å²) < 4.78 is 6.95. The molecule has 0 bridgehead atoms. The molecule has 4 aromatic rings. The molecule has 4 heterocycles. The lowest BCUT2D eigenvalue weighted by Crippen LogP contribution is -2.11. The Labute approximate surface area is 141 Å². The van der Waals surface area contributed by atoms with E-state index in [1.165, 1.54) is 11.3 Å². The monoisotopic (exact) mass is 343 g/mol. The Morgan fingerprint density at radius 2 is 2.00 bits per heavy atom. The Morgan fingerprint density at radius 1 is 1.21 bits per heavy atom. The fraction of sp³-hybridized carbons (Fsp3) is 0.400. The van der Waals surface area contributed by atoms with E-state index in [0.29, 0.717) is 10.8 Å². The van der Waals surface area contributed by atoms with Gasteiger partial charge in [-0.3, -0.25) is 5.10 Å². The Morgan fingerprint density at radius 3 is 2.62 bits per heavy atom. The maximum absolute atomic E-state index is 5.23. The number of aryl methyl sites for hydroxylation is 2. The van der Waals surface area contributed by atoms with Crippen LogP contribution in [-0.2, 0) is 5.41 Å². The zero-order chi connectivity index (χ0) is 17.1. The van der Waals surface area contributed by atoms with Crippen molar-refractivity contribution in [2.75, 3.05) is 0 Å². The van der Waals surface area contributed by atoms with E-state index < -0.39 is 0 Å². The average Bonchev–Trinajstić information content (AvgIpc) is 3.20. The first kappa shape index (κ1) is 15.0. The molecule has 8 nitrogen and oxygen atoms in total. The fourth-order valence-corrected chi connectivity index (χ4v) is 3.47. The van der Waals surface area contributed by atoms with Crippen molar-refractivity contribution in [2.45, 2.75) is 40.0 Å². The van der Waals surface area contributed by atoms with Gasteiger partial charge in [-0.1, -0.05) is 37.3 Å². The number of hydrogen-bond donors (Lipinski definition) is 1. The second-order valence-electron chi connectivity index (χ2n) is 6.74. The molecule has 1 N–H and O–H groups in total. The van der Waals surface area contributed by atoms with Crippen molar-refractivity contribution in [1.29, 1.82) is 0 Å². The molecular formula is C15H17N7OS. The Balaban J connectivity index is 1.82. The third kappa shape index (κ3) is 2.23.